The van der Waals surface area contributed by atoms with Crippen LogP contribution in [0, 0.1) is 11.6 Å². The van der Waals surface area contributed by atoms with E-state index in [1.165, 1.54) is 0 Å². The molecule has 3 N–H and O–H groups in total. The fourth-order valence-electron chi connectivity index (χ4n) is 4.07. The van der Waals surface area contributed by atoms with E-state index in [4.69, 9.17) is 5.26 Å². The molecule has 0 bridgehead atoms. The van der Waals surface area contributed by atoms with Crippen molar-refractivity contribution < 1.29 is 33.6 Å². The SMILES string of the molecule is O=C(Nc1cccc(P(=[Se])(c2ccccc2)c2ccccc2)c1)c1c(F)c(S)c(F)c(COO)c1C(=O)O. The zero-order valence-electron chi connectivity index (χ0n) is 19.5. The van der Waals surface area contributed by atoms with E-state index in [9.17, 15) is 19.1 Å². The second kappa shape index (κ2) is 11.7. The van der Waals surface area contributed by atoms with E-state index in [1.807, 2.05) is 66.7 Å². The monoisotopic (exact) mass is 619 g/mol. The maximum atomic E-state index is 15.0. The van der Waals surface area contributed by atoms with Crippen molar-refractivity contribution in [3.05, 3.63) is 113 Å². The second-order valence-corrected chi connectivity index (χ2v) is 14.7. The molecular weight excluding hydrogens is 598 g/mol. The van der Waals surface area contributed by atoms with E-state index in [0.29, 0.717) is 0 Å². The van der Waals surface area contributed by atoms with Gasteiger partial charge in [0.15, 0.2) is 0 Å². The number of hydrogen-bond acceptors (Lipinski definition) is 5. The van der Waals surface area contributed by atoms with Crippen molar-refractivity contribution in [2.75, 3.05) is 5.32 Å². The molecule has 0 aliphatic carbocycles. The molecule has 0 saturated heterocycles. The van der Waals surface area contributed by atoms with Gasteiger partial charge in [-0.2, -0.15) is 0 Å². The van der Waals surface area contributed by atoms with Gasteiger partial charge in [0.25, 0.3) is 0 Å². The second-order valence-electron chi connectivity index (χ2n) is 8.07. The Bertz CT molecular complexity index is 1530. The molecule has 6 nitrogen and oxygen atoms in total. The van der Waals surface area contributed by atoms with Gasteiger partial charge in [0.05, 0.1) is 0 Å². The van der Waals surface area contributed by atoms with Crippen LogP contribution in [0.15, 0.2) is 89.8 Å². The van der Waals surface area contributed by atoms with Crippen LogP contribution in [0.1, 0.15) is 26.3 Å². The Balaban J connectivity index is 1.81. The van der Waals surface area contributed by atoms with Gasteiger partial charge in [-0.15, -0.1) is 0 Å². The van der Waals surface area contributed by atoms with Gasteiger partial charge in [0.1, 0.15) is 0 Å². The predicted octanol–water partition coefficient (Wildman–Crippen LogP) is 4.57. The van der Waals surface area contributed by atoms with Crippen molar-refractivity contribution in [1.29, 1.82) is 0 Å². The standard InChI is InChI=1S/C27H20F2NO5PSSe/c28-23-20(15-35-34)21(27(32)33)22(24(29)25(23)37)26(31)30-16-8-7-13-19(14-16)36(38,17-9-3-1-4-10-17)18-11-5-2-6-12-18/h1-14,34,37H,15H2,(H,30,31)(H,32,33). The third kappa shape index (κ3) is 5.24. The summed E-state index contributed by atoms with van der Waals surface area (Å²) in [5, 5.41) is 23.9. The minimum atomic E-state index is -2.29. The van der Waals surface area contributed by atoms with E-state index in [-0.39, 0.29) is 5.69 Å². The number of thiol groups is 1. The number of carbonyl (C=O) groups excluding carboxylic acids is 1. The normalized spacial score (nSPS) is 11.3. The number of nitrogens with one attached hydrogen (secondary N) is 1. The number of rotatable bonds is 8. The van der Waals surface area contributed by atoms with Gasteiger partial charge in [-0.05, 0) is 0 Å². The van der Waals surface area contributed by atoms with E-state index in [0.717, 1.165) is 15.9 Å². The molecule has 0 saturated carbocycles. The van der Waals surface area contributed by atoms with Gasteiger partial charge in [-0.25, -0.2) is 0 Å². The Morgan fingerprint density at radius 2 is 1.42 bits per heavy atom. The maximum absolute atomic E-state index is 15.0. The Kier molecular flexibility index (Phi) is 8.63. The first kappa shape index (κ1) is 27.9. The summed E-state index contributed by atoms with van der Waals surface area (Å²) in [5.41, 5.74) is -4.64. The molecule has 194 valence electrons. The first-order valence-corrected chi connectivity index (χ1v) is 15.5. The summed E-state index contributed by atoms with van der Waals surface area (Å²) in [6.45, 7) is -0.927. The fraction of sp³-hybridized carbons (Fsp3) is 0.0370. The topological polar surface area (TPSA) is 95.9 Å². The zero-order chi connectivity index (χ0) is 27.4. The first-order valence-electron chi connectivity index (χ1n) is 11.1. The summed E-state index contributed by atoms with van der Waals surface area (Å²) in [6.07, 6.45) is 0. The summed E-state index contributed by atoms with van der Waals surface area (Å²) in [4.78, 5) is 28.1. The van der Waals surface area contributed by atoms with Crippen molar-refractivity contribution in [2.24, 2.45) is 0 Å². The minimum absolute atomic E-state index is 0.264. The number of carboxylic acid groups (broad SMARTS) is 1. The van der Waals surface area contributed by atoms with E-state index in [2.05, 4.69) is 37.9 Å². The molecular formula is C27H20F2NO5PSSe. The average molecular weight is 618 g/mol. The number of anilines is 1. The molecule has 4 aromatic rings. The van der Waals surface area contributed by atoms with Crippen LogP contribution in [0.25, 0.3) is 0 Å². The van der Waals surface area contributed by atoms with Crippen LogP contribution in [0.4, 0.5) is 14.5 Å². The average Bonchev–Trinajstić information content (AvgIpc) is 2.93. The molecule has 4 rings (SSSR count). The quantitative estimate of drug-likeness (QED) is 0.0764. The number of benzene rings is 4. The van der Waals surface area contributed by atoms with E-state index >= 15 is 4.39 Å². The number of halogens is 2. The molecule has 0 unspecified atom stereocenters. The number of aromatic carboxylic acids is 1. The Hall–Kier alpha value is -3.10. The van der Waals surface area contributed by atoms with Gasteiger partial charge >= 0.3 is 230 Å². The summed E-state index contributed by atoms with van der Waals surface area (Å²) in [5.74, 6) is -5.70. The zero-order valence-corrected chi connectivity index (χ0v) is 23.0. The molecule has 11 heteroatoms. The predicted molar refractivity (Wildman–Crippen MR) is 147 cm³/mol. The fourth-order valence-corrected chi connectivity index (χ4v) is 9.26. The van der Waals surface area contributed by atoms with Crippen molar-refractivity contribution in [1.82, 2.24) is 0 Å². The van der Waals surface area contributed by atoms with Gasteiger partial charge in [-0.3, -0.25) is 0 Å². The molecule has 0 heterocycles. The summed E-state index contributed by atoms with van der Waals surface area (Å²) in [6, 6.07) is 26.5. The van der Waals surface area contributed by atoms with Gasteiger partial charge in [-0.1, -0.05) is 0 Å². The van der Waals surface area contributed by atoms with Crippen molar-refractivity contribution >= 4 is 66.7 Å². The van der Waals surface area contributed by atoms with Crippen LogP contribution in [-0.4, -0.2) is 37.3 Å². The van der Waals surface area contributed by atoms with Gasteiger partial charge < -0.3 is 0 Å². The molecule has 0 spiro atoms. The first-order chi connectivity index (χ1) is 18.2. The molecule has 38 heavy (non-hydrogen) atoms. The van der Waals surface area contributed by atoms with Crippen molar-refractivity contribution in [3.8, 4) is 0 Å². The molecule has 1 amide bonds. The number of carboxylic acids is 1. The Labute approximate surface area is 229 Å². The van der Waals surface area contributed by atoms with E-state index < -0.39 is 57.2 Å². The molecule has 0 atom stereocenters. The van der Waals surface area contributed by atoms with Gasteiger partial charge in [0, 0.05) is 0 Å². The molecule has 0 radical (unpaired) electrons. The van der Waals surface area contributed by atoms with Crippen LogP contribution in [0.5, 0.6) is 0 Å². The van der Waals surface area contributed by atoms with Crippen molar-refractivity contribution in [2.45, 2.75) is 11.5 Å². The molecule has 0 fully saturated rings. The van der Waals surface area contributed by atoms with Crippen LogP contribution >= 0.6 is 18.1 Å². The number of hydrogen-bond donors (Lipinski definition) is 4. The summed E-state index contributed by atoms with van der Waals surface area (Å²) in [7, 11) is 0. The number of amides is 1. The Morgan fingerprint density at radius 3 is 1.95 bits per heavy atom. The number of carbonyl (C=O) groups is 2. The summed E-state index contributed by atoms with van der Waals surface area (Å²) >= 11 is 7.15. The van der Waals surface area contributed by atoms with Crippen LogP contribution in [0.2, 0.25) is 0 Å². The molecule has 0 aliphatic heterocycles. The van der Waals surface area contributed by atoms with Crippen LogP contribution in [-0.2, 0) is 11.5 Å². The van der Waals surface area contributed by atoms with Crippen molar-refractivity contribution in [3.63, 3.8) is 0 Å². The molecule has 0 aromatic heterocycles. The molecule has 4 aromatic carbocycles. The van der Waals surface area contributed by atoms with E-state index in [1.54, 1.807) is 18.2 Å². The van der Waals surface area contributed by atoms with Crippen LogP contribution < -0.4 is 21.2 Å². The van der Waals surface area contributed by atoms with Gasteiger partial charge in [0.2, 0.25) is 0 Å². The third-order valence-electron chi connectivity index (χ3n) is 5.81. The molecule has 0 aliphatic rings. The third-order valence-corrected chi connectivity index (χ3v) is 13.2. The Morgan fingerprint density at radius 1 is 0.868 bits per heavy atom. The van der Waals surface area contributed by atoms with Crippen LogP contribution in [0.3, 0.4) is 0 Å². The summed E-state index contributed by atoms with van der Waals surface area (Å²) < 4.78 is 29.6.